The van der Waals surface area contributed by atoms with Crippen LogP contribution in [-0.2, 0) is 19.4 Å². The minimum absolute atomic E-state index is 0.799. The Morgan fingerprint density at radius 2 is 2.14 bits per heavy atom. The van der Waals surface area contributed by atoms with Gasteiger partial charge in [0.15, 0.2) is 0 Å². The minimum Gasteiger partial charge on any atom is -0.380 e. The maximum absolute atomic E-state index is 4.86. The van der Waals surface area contributed by atoms with Gasteiger partial charge in [-0.05, 0) is 55.5 Å². The molecule has 4 rings (SSSR count). The highest BCUT2D eigenvalue weighted by molar-refractivity contribution is 5.94. The van der Waals surface area contributed by atoms with E-state index < -0.39 is 0 Å². The summed E-state index contributed by atoms with van der Waals surface area (Å²) in [6, 6.07) is 10.6. The molecule has 2 aromatic heterocycles. The third kappa shape index (κ3) is 2.33. The molecule has 1 aromatic carbocycles. The predicted octanol–water partition coefficient (Wildman–Crippen LogP) is 4.04. The van der Waals surface area contributed by atoms with Gasteiger partial charge >= 0.3 is 0 Å². The van der Waals surface area contributed by atoms with Gasteiger partial charge in [-0.1, -0.05) is 17.7 Å². The van der Waals surface area contributed by atoms with Gasteiger partial charge in [0, 0.05) is 35.7 Å². The Bertz CT molecular complexity index is 825. The molecule has 1 aliphatic rings. The number of nitrogens with zero attached hydrogens (tertiary/aromatic N) is 2. The molecule has 0 saturated heterocycles. The van der Waals surface area contributed by atoms with Crippen molar-refractivity contribution >= 4 is 16.6 Å². The lowest BCUT2D eigenvalue weighted by Gasteiger charge is -2.15. The summed E-state index contributed by atoms with van der Waals surface area (Å²) < 4.78 is 0. The van der Waals surface area contributed by atoms with Gasteiger partial charge in [-0.2, -0.15) is 0 Å². The van der Waals surface area contributed by atoms with Crippen LogP contribution in [0.15, 0.2) is 42.7 Å². The molecule has 0 spiro atoms. The van der Waals surface area contributed by atoms with Crippen molar-refractivity contribution in [3.8, 4) is 0 Å². The van der Waals surface area contributed by atoms with Crippen LogP contribution in [0.5, 0.6) is 0 Å². The molecular formula is C19H19N3. The van der Waals surface area contributed by atoms with Crippen molar-refractivity contribution in [2.75, 3.05) is 5.32 Å². The second kappa shape index (κ2) is 5.41. The van der Waals surface area contributed by atoms with Crippen molar-refractivity contribution in [1.82, 2.24) is 9.97 Å². The highest BCUT2D eigenvalue weighted by atomic mass is 14.9. The van der Waals surface area contributed by atoms with Gasteiger partial charge in [0.1, 0.15) is 0 Å². The Morgan fingerprint density at radius 1 is 1.18 bits per heavy atom. The second-order valence-electron chi connectivity index (χ2n) is 6.00. The monoisotopic (exact) mass is 289 g/mol. The van der Waals surface area contributed by atoms with Crippen molar-refractivity contribution < 1.29 is 0 Å². The maximum Gasteiger partial charge on any atom is 0.0726 e. The molecule has 0 aliphatic heterocycles. The number of hydrogen-bond donors (Lipinski definition) is 1. The second-order valence-corrected chi connectivity index (χ2v) is 6.00. The Morgan fingerprint density at radius 3 is 3.00 bits per heavy atom. The molecule has 110 valence electrons. The van der Waals surface area contributed by atoms with E-state index in [1.807, 2.05) is 18.5 Å². The Balaban J connectivity index is 1.79. The fourth-order valence-corrected chi connectivity index (χ4v) is 3.27. The predicted molar refractivity (Wildman–Crippen MR) is 90.1 cm³/mol. The van der Waals surface area contributed by atoms with Crippen LogP contribution < -0.4 is 5.32 Å². The number of aromatic nitrogens is 2. The summed E-state index contributed by atoms with van der Waals surface area (Å²) in [6.07, 6.45) is 7.16. The van der Waals surface area contributed by atoms with E-state index in [0.717, 1.165) is 24.9 Å². The van der Waals surface area contributed by atoms with E-state index >= 15 is 0 Å². The molecule has 0 amide bonds. The molecule has 0 atom stereocenters. The largest absolute Gasteiger partial charge is 0.380 e. The molecule has 22 heavy (non-hydrogen) atoms. The summed E-state index contributed by atoms with van der Waals surface area (Å²) >= 11 is 0. The molecule has 0 saturated carbocycles. The highest BCUT2D eigenvalue weighted by Gasteiger charge is 2.19. The van der Waals surface area contributed by atoms with Crippen molar-refractivity contribution in [2.45, 2.75) is 32.7 Å². The van der Waals surface area contributed by atoms with Crippen LogP contribution in [0.2, 0.25) is 0 Å². The van der Waals surface area contributed by atoms with E-state index in [-0.39, 0.29) is 0 Å². The lowest BCUT2D eigenvalue weighted by atomic mass is 10.0. The zero-order valence-corrected chi connectivity index (χ0v) is 12.8. The van der Waals surface area contributed by atoms with Gasteiger partial charge < -0.3 is 5.32 Å². The topological polar surface area (TPSA) is 37.8 Å². The highest BCUT2D eigenvalue weighted by Crippen LogP contribution is 2.34. The van der Waals surface area contributed by atoms with E-state index in [4.69, 9.17) is 4.98 Å². The van der Waals surface area contributed by atoms with E-state index in [2.05, 4.69) is 41.5 Å². The average Bonchev–Trinajstić information content (AvgIpc) is 3.01. The number of hydrogen-bond acceptors (Lipinski definition) is 3. The summed E-state index contributed by atoms with van der Waals surface area (Å²) in [4.78, 5) is 9.05. The zero-order chi connectivity index (χ0) is 14.9. The Labute approximate surface area is 130 Å². The average molecular weight is 289 g/mol. The summed E-state index contributed by atoms with van der Waals surface area (Å²) in [5, 5.41) is 4.89. The van der Waals surface area contributed by atoms with E-state index in [1.165, 1.54) is 39.9 Å². The molecule has 1 aliphatic carbocycles. The molecule has 3 aromatic rings. The van der Waals surface area contributed by atoms with Crippen LogP contribution in [0.1, 0.15) is 28.8 Å². The fraction of sp³-hybridized carbons (Fsp3) is 0.263. The van der Waals surface area contributed by atoms with Crippen LogP contribution >= 0.6 is 0 Å². The lowest BCUT2D eigenvalue weighted by molar-refractivity contribution is 0.901. The van der Waals surface area contributed by atoms with Gasteiger partial charge in [-0.3, -0.25) is 9.97 Å². The first-order chi connectivity index (χ1) is 10.8. The van der Waals surface area contributed by atoms with Gasteiger partial charge in [0.2, 0.25) is 0 Å². The van der Waals surface area contributed by atoms with Crippen molar-refractivity contribution in [3.63, 3.8) is 0 Å². The smallest absolute Gasteiger partial charge is 0.0726 e. The molecule has 2 heterocycles. The van der Waals surface area contributed by atoms with E-state index in [9.17, 15) is 0 Å². The summed E-state index contributed by atoms with van der Waals surface area (Å²) in [7, 11) is 0. The zero-order valence-electron chi connectivity index (χ0n) is 12.8. The van der Waals surface area contributed by atoms with Gasteiger partial charge in [-0.25, -0.2) is 0 Å². The number of fused-ring (bicyclic) bond motifs is 2. The third-order valence-corrected chi connectivity index (χ3v) is 4.36. The first-order valence-corrected chi connectivity index (χ1v) is 7.86. The van der Waals surface area contributed by atoms with Gasteiger partial charge in [-0.15, -0.1) is 0 Å². The van der Waals surface area contributed by atoms with Crippen LogP contribution in [0, 0.1) is 6.92 Å². The van der Waals surface area contributed by atoms with Crippen LogP contribution in [0.25, 0.3) is 10.9 Å². The first-order valence-electron chi connectivity index (χ1n) is 7.86. The normalized spacial score (nSPS) is 13.3. The molecule has 0 fully saturated rings. The maximum atomic E-state index is 4.86. The van der Waals surface area contributed by atoms with Gasteiger partial charge in [0.25, 0.3) is 0 Å². The number of benzene rings is 1. The Hall–Kier alpha value is -2.42. The third-order valence-electron chi connectivity index (χ3n) is 4.36. The van der Waals surface area contributed by atoms with Crippen LogP contribution in [-0.4, -0.2) is 9.97 Å². The van der Waals surface area contributed by atoms with E-state index in [1.54, 1.807) is 0 Å². The first kappa shape index (κ1) is 13.3. The van der Waals surface area contributed by atoms with Gasteiger partial charge in [0.05, 0.1) is 5.52 Å². The molecule has 3 nitrogen and oxygen atoms in total. The number of anilines is 1. The molecule has 3 heteroatoms. The summed E-state index contributed by atoms with van der Waals surface area (Å²) in [5.41, 5.74) is 7.51. The van der Waals surface area contributed by atoms with Crippen LogP contribution in [0.4, 0.5) is 5.69 Å². The summed E-state index contributed by atoms with van der Waals surface area (Å²) in [5.74, 6) is 0. The number of aryl methyl sites for hydroxylation is 2. The fourth-order valence-electron chi connectivity index (χ4n) is 3.27. The SMILES string of the molecule is Cc1ccc2nc3c(c(NCc4cccnc4)c2c1)CCC3. The molecule has 0 radical (unpaired) electrons. The quantitative estimate of drug-likeness (QED) is 0.790. The number of rotatable bonds is 3. The molecular weight excluding hydrogens is 270 g/mol. The van der Waals surface area contributed by atoms with Crippen molar-refractivity contribution in [2.24, 2.45) is 0 Å². The van der Waals surface area contributed by atoms with Crippen LogP contribution in [0.3, 0.4) is 0 Å². The Kier molecular flexibility index (Phi) is 3.26. The molecule has 0 bridgehead atoms. The lowest BCUT2D eigenvalue weighted by Crippen LogP contribution is -2.05. The minimum atomic E-state index is 0.799. The van der Waals surface area contributed by atoms with E-state index in [0.29, 0.717) is 0 Å². The number of pyridine rings is 2. The molecule has 1 N–H and O–H groups in total. The van der Waals surface area contributed by atoms with Crippen molar-refractivity contribution in [1.29, 1.82) is 0 Å². The number of nitrogens with one attached hydrogen (secondary N) is 1. The van der Waals surface area contributed by atoms with Crippen molar-refractivity contribution in [3.05, 3.63) is 65.1 Å². The standard InChI is InChI=1S/C19H19N3/c1-13-7-8-18-16(10-13)19(15-5-2-6-17(15)22-18)21-12-14-4-3-9-20-11-14/h3-4,7-11H,2,5-6,12H2,1H3,(H,21,22). The summed E-state index contributed by atoms with van der Waals surface area (Å²) in [6.45, 7) is 2.94. The molecule has 0 unspecified atom stereocenters.